The number of carbonyl (C=O) groups excluding carboxylic acids is 1. The number of halogens is 3. The van der Waals surface area contributed by atoms with Crippen LogP contribution in [-0.4, -0.2) is 59.1 Å². The first-order chi connectivity index (χ1) is 22.2. The molecule has 0 fully saturated rings. The summed E-state index contributed by atoms with van der Waals surface area (Å²) >= 11 is 0. The molecule has 0 saturated heterocycles. The van der Waals surface area contributed by atoms with E-state index in [0.29, 0.717) is 41.5 Å². The number of benzene rings is 2. The summed E-state index contributed by atoms with van der Waals surface area (Å²) in [6.07, 6.45) is 0.166. The fourth-order valence-corrected chi connectivity index (χ4v) is 7.20. The molecule has 4 aromatic rings. The number of alkyl halides is 3. The third-order valence-electron chi connectivity index (χ3n) is 8.51. The zero-order valence-electron chi connectivity index (χ0n) is 25.9. The molecule has 0 atom stereocenters. The molecule has 0 aliphatic carbocycles. The molecule has 16 heteroatoms. The van der Waals surface area contributed by atoms with Crippen LogP contribution in [0, 0.1) is 0 Å². The van der Waals surface area contributed by atoms with Crippen molar-refractivity contribution in [1.29, 1.82) is 0 Å². The Kier molecular flexibility index (Phi) is 9.47. The highest BCUT2D eigenvalue weighted by molar-refractivity contribution is 7.53. The zero-order chi connectivity index (χ0) is 34.1. The number of rotatable bonds is 12. The van der Waals surface area contributed by atoms with Crippen molar-refractivity contribution in [3.05, 3.63) is 77.2 Å². The molecular weight excluding hydrogens is 638 g/mol. The molecule has 0 bridgehead atoms. The first-order valence-corrected chi connectivity index (χ1v) is 16.5. The Bertz CT molecular complexity index is 1820. The van der Waals surface area contributed by atoms with E-state index in [0.717, 1.165) is 5.56 Å². The average Bonchev–Trinajstić information content (AvgIpc) is 3.61. The molecule has 2 aromatic carbocycles. The van der Waals surface area contributed by atoms with Gasteiger partial charge in [-0.3, -0.25) is 14.0 Å². The average molecular weight is 674 g/mol. The van der Waals surface area contributed by atoms with Crippen LogP contribution < -0.4 is 10.6 Å². The Hall–Kier alpha value is -4.30. The van der Waals surface area contributed by atoms with Crippen LogP contribution in [0.2, 0.25) is 0 Å². The lowest BCUT2D eigenvalue weighted by Gasteiger charge is -2.33. The molecule has 2 aromatic heterocycles. The molecule has 0 unspecified atom stereocenters. The highest BCUT2D eigenvalue weighted by Gasteiger charge is 2.45. The van der Waals surface area contributed by atoms with Crippen LogP contribution in [0.4, 0.5) is 36.3 Å². The number of aliphatic hydroxyl groups excluding tert-OH is 1. The summed E-state index contributed by atoms with van der Waals surface area (Å²) in [4.78, 5) is 42.8. The van der Waals surface area contributed by atoms with E-state index in [-0.39, 0.29) is 49.1 Å². The van der Waals surface area contributed by atoms with E-state index in [1.807, 2.05) is 0 Å². The molecule has 47 heavy (non-hydrogen) atoms. The van der Waals surface area contributed by atoms with Gasteiger partial charge in [0.25, 0.3) is 5.91 Å². The third kappa shape index (κ3) is 6.61. The maximum absolute atomic E-state index is 14.1. The van der Waals surface area contributed by atoms with Crippen molar-refractivity contribution in [3.8, 4) is 11.1 Å². The molecule has 1 aliphatic heterocycles. The highest BCUT2D eigenvalue weighted by Crippen LogP contribution is 2.61. The third-order valence-corrected chi connectivity index (χ3v) is 10.5. The van der Waals surface area contributed by atoms with Crippen molar-refractivity contribution in [2.24, 2.45) is 0 Å². The van der Waals surface area contributed by atoms with E-state index in [1.165, 1.54) is 11.0 Å². The quantitative estimate of drug-likeness (QED) is 0.113. The second kappa shape index (κ2) is 13.1. The molecule has 5 rings (SSSR count). The summed E-state index contributed by atoms with van der Waals surface area (Å²) in [6, 6.07) is 9.44. The van der Waals surface area contributed by atoms with Crippen molar-refractivity contribution < 1.29 is 37.4 Å². The number of hydrogen-bond donors (Lipinski definition) is 5. The van der Waals surface area contributed by atoms with Gasteiger partial charge in [-0.15, -0.1) is 0 Å². The van der Waals surface area contributed by atoms with Gasteiger partial charge >= 0.3 is 13.8 Å². The Morgan fingerprint density at radius 1 is 1.02 bits per heavy atom. The van der Waals surface area contributed by atoms with Gasteiger partial charge in [-0.2, -0.15) is 23.3 Å². The largest absolute Gasteiger partial charge is 0.421 e. The van der Waals surface area contributed by atoms with Gasteiger partial charge in [0.1, 0.15) is 11.4 Å². The molecule has 1 aliphatic rings. The van der Waals surface area contributed by atoms with Crippen molar-refractivity contribution in [1.82, 2.24) is 24.6 Å². The number of nitrogens with one attached hydrogen (secondary N) is 2. The number of hydrogen-bond acceptors (Lipinski definition) is 8. The van der Waals surface area contributed by atoms with Crippen molar-refractivity contribution in [2.75, 3.05) is 24.3 Å². The van der Waals surface area contributed by atoms with Gasteiger partial charge in [-0.25, -0.2) is 4.98 Å². The lowest BCUT2D eigenvalue weighted by molar-refractivity contribution is -0.137. The summed E-state index contributed by atoms with van der Waals surface area (Å²) in [5.41, 5.74) is 2.07. The maximum atomic E-state index is 14.1. The number of amides is 1. The van der Waals surface area contributed by atoms with Gasteiger partial charge in [0.05, 0.1) is 22.6 Å². The Morgan fingerprint density at radius 2 is 1.72 bits per heavy atom. The molecule has 0 spiro atoms. The monoisotopic (exact) mass is 673 g/mol. The Balaban J connectivity index is 1.48. The van der Waals surface area contributed by atoms with Crippen LogP contribution in [0.3, 0.4) is 0 Å². The molecule has 0 radical (unpaired) electrons. The number of aliphatic hydroxyl groups is 1. The van der Waals surface area contributed by atoms with Crippen LogP contribution in [-0.2, 0) is 29.0 Å². The number of aromatic nitrogens is 4. The van der Waals surface area contributed by atoms with Gasteiger partial charge in [0.15, 0.2) is 0 Å². The van der Waals surface area contributed by atoms with E-state index < -0.39 is 30.3 Å². The van der Waals surface area contributed by atoms with Crippen molar-refractivity contribution in [3.63, 3.8) is 0 Å². The standard InChI is InChI=1S/C31H35F3N7O5P/c1-4-30(5-2,47(44,45)46)20-7-9-21(10-8-20)37-29-35-16-24(31(32,33)34)27(39-29)38-25-12-11-22(23-18-40(3)28(43)26(23)25)19-15-36-41(17-19)13-6-14-42/h7-12,15-17,42H,4-6,13-14,18H2,1-3H3,(H2,44,45,46)(H2,35,37,38,39). The normalized spacial score (nSPS) is 13.6. The summed E-state index contributed by atoms with van der Waals surface area (Å²) in [5.74, 6) is -1.12. The second-order valence-electron chi connectivity index (χ2n) is 11.3. The Labute approximate surface area is 268 Å². The zero-order valence-corrected chi connectivity index (χ0v) is 26.8. The summed E-state index contributed by atoms with van der Waals surface area (Å²) < 4.78 is 56.4. The van der Waals surface area contributed by atoms with Crippen molar-refractivity contribution in [2.45, 2.75) is 57.5 Å². The van der Waals surface area contributed by atoms with Crippen LogP contribution in [0.15, 0.2) is 55.0 Å². The summed E-state index contributed by atoms with van der Waals surface area (Å²) in [5, 5.41) is 17.7. The van der Waals surface area contributed by atoms with E-state index in [2.05, 4.69) is 25.7 Å². The number of fused-ring (bicyclic) bond motifs is 1. The number of anilines is 4. The molecule has 5 N–H and O–H groups in total. The van der Waals surface area contributed by atoms with E-state index >= 15 is 0 Å². The number of carbonyl (C=O) groups is 1. The van der Waals surface area contributed by atoms with Crippen LogP contribution in [0.25, 0.3) is 11.1 Å². The molecule has 3 heterocycles. The Morgan fingerprint density at radius 3 is 2.34 bits per heavy atom. The van der Waals surface area contributed by atoms with Gasteiger partial charge in [0.2, 0.25) is 5.95 Å². The second-order valence-corrected chi connectivity index (χ2v) is 13.3. The van der Waals surface area contributed by atoms with Crippen LogP contribution >= 0.6 is 7.60 Å². The first kappa shape index (κ1) is 34.0. The van der Waals surface area contributed by atoms with Crippen molar-refractivity contribution >= 4 is 36.6 Å². The van der Waals surface area contributed by atoms with Gasteiger partial charge in [-0.05, 0) is 54.2 Å². The van der Waals surface area contributed by atoms with Gasteiger partial charge in [-0.1, -0.05) is 32.0 Å². The smallest absolute Gasteiger partial charge is 0.396 e. The minimum atomic E-state index is -4.82. The fraction of sp³-hybridized carbons (Fsp3) is 0.355. The van der Waals surface area contributed by atoms with Crippen LogP contribution in [0.5, 0.6) is 0 Å². The predicted octanol–water partition coefficient (Wildman–Crippen LogP) is 6.01. The lowest BCUT2D eigenvalue weighted by Crippen LogP contribution is -2.24. The number of aryl methyl sites for hydroxylation is 1. The molecule has 1 amide bonds. The van der Waals surface area contributed by atoms with E-state index in [9.17, 15) is 32.3 Å². The van der Waals surface area contributed by atoms with Crippen LogP contribution in [0.1, 0.15) is 60.2 Å². The predicted molar refractivity (Wildman–Crippen MR) is 170 cm³/mol. The fourth-order valence-electron chi connectivity index (χ4n) is 5.89. The first-order valence-electron chi connectivity index (χ1n) is 14.9. The van der Waals surface area contributed by atoms with Gasteiger partial charge in [0, 0.05) is 50.4 Å². The lowest BCUT2D eigenvalue weighted by atomic mass is 9.92. The number of nitrogens with zero attached hydrogens (tertiary/aromatic N) is 5. The molecular formula is C31H35F3N7O5P. The van der Waals surface area contributed by atoms with E-state index in [4.69, 9.17) is 5.11 Å². The topological polar surface area (TPSA) is 166 Å². The molecule has 12 nitrogen and oxygen atoms in total. The maximum Gasteiger partial charge on any atom is 0.421 e. The SMILES string of the molecule is CCC(CC)(c1ccc(Nc2ncc(C(F)(F)F)c(Nc3ccc(-c4cnn(CCCO)c4)c4c3C(=O)N(C)C4)n2)cc1)P(=O)(O)O. The minimum absolute atomic E-state index is 0.00859. The molecule has 0 saturated carbocycles. The summed E-state index contributed by atoms with van der Waals surface area (Å²) in [6.45, 7) is 4.13. The minimum Gasteiger partial charge on any atom is -0.396 e. The highest BCUT2D eigenvalue weighted by atomic mass is 31.2. The summed E-state index contributed by atoms with van der Waals surface area (Å²) in [7, 11) is -2.91. The van der Waals surface area contributed by atoms with E-state index in [1.54, 1.807) is 68.3 Å². The molecule has 250 valence electrons. The van der Waals surface area contributed by atoms with Gasteiger partial charge < -0.3 is 30.4 Å².